The van der Waals surface area contributed by atoms with E-state index in [4.69, 9.17) is 9.94 Å². The predicted octanol–water partition coefficient (Wildman–Crippen LogP) is 5.24. The average molecular weight is 367 g/mol. The van der Waals surface area contributed by atoms with E-state index in [1.807, 2.05) is 78.9 Å². The third-order valence-corrected chi connectivity index (χ3v) is 3.83. The molecule has 3 aromatic rings. The van der Waals surface area contributed by atoms with Crippen molar-refractivity contribution < 1.29 is 14.8 Å². The Labute approximate surface area is 157 Å². The van der Waals surface area contributed by atoms with Gasteiger partial charge in [0.1, 0.15) is 12.4 Å². The van der Waals surface area contributed by atoms with Gasteiger partial charge in [0.05, 0.1) is 0 Å². The fourth-order valence-electron chi connectivity index (χ4n) is 2.51. The Kier molecular flexibility index (Phi) is 7.16. The summed E-state index contributed by atoms with van der Waals surface area (Å²) in [6.07, 6.45) is 0. The van der Waals surface area contributed by atoms with Gasteiger partial charge >= 0.3 is 0 Å². The smallest absolute Gasteiger partial charge is 0.209 e. The molecule has 27 heavy (non-hydrogen) atoms. The first kappa shape index (κ1) is 19.7. The molecule has 0 unspecified atom stereocenters. The normalized spacial score (nSPS) is 10.7. The number of hydroxylamine groups is 1. The van der Waals surface area contributed by atoms with Crippen molar-refractivity contribution in [1.82, 2.24) is 6.15 Å². The number of rotatable bonds is 7. The molecule has 0 aliphatic carbocycles. The number of benzene rings is 3. The van der Waals surface area contributed by atoms with E-state index < -0.39 is 0 Å². The average Bonchev–Trinajstić information content (AvgIpc) is 2.69. The first-order chi connectivity index (χ1) is 12.7. The van der Waals surface area contributed by atoms with E-state index in [9.17, 15) is 5.21 Å². The monoisotopic (exact) mass is 367 g/mol. The van der Waals surface area contributed by atoms with Gasteiger partial charge in [0.15, 0.2) is 5.28 Å². The second kappa shape index (κ2) is 9.79. The summed E-state index contributed by atoms with van der Waals surface area (Å²) in [6.45, 7) is 0.289. The predicted molar refractivity (Wildman–Crippen MR) is 104 cm³/mol. The van der Waals surface area contributed by atoms with Crippen molar-refractivity contribution in [3.05, 3.63) is 95.2 Å². The Morgan fingerprint density at radius 3 is 2.11 bits per heavy atom. The molecule has 7 nitrogen and oxygen atoms in total. The molecule has 0 fully saturated rings. The maximum absolute atomic E-state index is 11.2. The van der Waals surface area contributed by atoms with Crippen LogP contribution < -0.4 is 16.2 Å². The van der Waals surface area contributed by atoms with Gasteiger partial charge in [-0.25, -0.2) is 0 Å². The van der Waals surface area contributed by atoms with Crippen molar-refractivity contribution in [2.24, 2.45) is 5.28 Å². The fraction of sp³-hybridized carbons (Fsp3) is 0.100. The number of hydrogen-bond donors (Lipinski definition) is 3. The molecule has 0 bridgehead atoms. The number of anilines is 2. The SMILES string of the molecule is [NH4+].[O-]/[N+](Cc1ccccc1COc1ccc(Nc2ccccc2)cc1)=N\O. The van der Waals surface area contributed by atoms with E-state index in [1.54, 1.807) is 0 Å². The molecule has 6 N–H and O–H groups in total. The van der Waals surface area contributed by atoms with Crippen LogP contribution in [0.5, 0.6) is 5.75 Å². The van der Waals surface area contributed by atoms with Crippen LogP contribution in [0.2, 0.25) is 0 Å². The summed E-state index contributed by atoms with van der Waals surface area (Å²) >= 11 is 0. The molecule has 3 aromatic carbocycles. The zero-order valence-corrected chi connectivity index (χ0v) is 15.1. The van der Waals surface area contributed by atoms with E-state index in [2.05, 4.69) is 10.6 Å². The highest BCUT2D eigenvalue weighted by molar-refractivity contribution is 5.60. The number of nitrogens with one attached hydrogen (secondary N) is 1. The number of hydrogen-bond acceptors (Lipinski definition) is 4. The van der Waals surface area contributed by atoms with Gasteiger partial charge in [0, 0.05) is 16.9 Å². The summed E-state index contributed by atoms with van der Waals surface area (Å²) in [5.41, 5.74) is 3.60. The minimum atomic E-state index is -0.0318. The maximum Gasteiger partial charge on any atom is 0.209 e. The molecule has 0 atom stereocenters. The Hall–Kier alpha value is -3.58. The van der Waals surface area contributed by atoms with Gasteiger partial charge in [0.25, 0.3) is 0 Å². The molecule has 0 spiro atoms. The van der Waals surface area contributed by atoms with Gasteiger partial charge in [-0.3, -0.25) is 0 Å². The first-order valence-electron chi connectivity index (χ1n) is 8.16. The van der Waals surface area contributed by atoms with Crippen LogP contribution in [-0.2, 0) is 13.2 Å². The van der Waals surface area contributed by atoms with Crippen LogP contribution in [0.15, 0.2) is 84.1 Å². The van der Waals surface area contributed by atoms with Crippen LogP contribution in [0, 0.1) is 5.21 Å². The third kappa shape index (κ3) is 5.72. The quantitative estimate of drug-likeness (QED) is 0.301. The molecule has 0 saturated heterocycles. The van der Waals surface area contributed by atoms with Gasteiger partial charge < -0.3 is 26.6 Å². The van der Waals surface area contributed by atoms with Crippen molar-refractivity contribution in [3.63, 3.8) is 0 Å². The van der Waals surface area contributed by atoms with Gasteiger partial charge in [-0.2, -0.15) is 0 Å². The molecule has 0 amide bonds. The van der Waals surface area contributed by atoms with Crippen molar-refractivity contribution in [1.29, 1.82) is 0 Å². The summed E-state index contributed by atoms with van der Waals surface area (Å²) in [5.74, 6) is 0.726. The van der Waals surface area contributed by atoms with Crippen LogP contribution in [-0.4, -0.2) is 10.1 Å². The molecule has 0 aliphatic rings. The topological polar surface area (TPSA) is 116 Å². The summed E-state index contributed by atoms with van der Waals surface area (Å²) in [4.78, 5) is 0.225. The minimum Gasteiger partial charge on any atom is -0.597 e. The third-order valence-electron chi connectivity index (χ3n) is 3.83. The van der Waals surface area contributed by atoms with E-state index >= 15 is 0 Å². The summed E-state index contributed by atoms with van der Waals surface area (Å²) in [7, 11) is 0. The highest BCUT2D eigenvalue weighted by Crippen LogP contribution is 2.21. The molecule has 7 heteroatoms. The zero-order chi connectivity index (χ0) is 18.2. The molecular formula is C20H23N4O3+. The molecular weight excluding hydrogens is 344 g/mol. The molecule has 0 saturated carbocycles. The Morgan fingerprint density at radius 1 is 0.852 bits per heavy atom. The van der Waals surface area contributed by atoms with E-state index in [0.717, 1.165) is 28.3 Å². The van der Waals surface area contributed by atoms with Crippen molar-refractivity contribution in [2.45, 2.75) is 13.2 Å². The van der Waals surface area contributed by atoms with Crippen LogP contribution in [0.1, 0.15) is 11.1 Å². The van der Waals surface area contributed by atoms with Crippen LogP contribution in [0.25, 0.3) is 0 Å². The van der Waals surface area contributed by atoms with Gasteiger partial charge in [-0.1, -0.05) is 47.3 Å². The Bertz CT molecular complexity index is 868. The standard InChI is InChI=1S/C20H19N3O3.H3N/c24-22-23(25)14-16-6-4-5-7-17(16)15-26-20-12-10-19(11-13-20)21-18-8-2-1-3-9-18;/h1-13,21,24H,14-15H2;1H3/p+1/b23-22-;. The number of para-hydroxylation sites is 1. The molecule has 3 rings (SSSR count). The highest BCUT2D eigenvalue weighted by Gasteiger charge is 2.08. The lowest BCUT2D eigenvalue weighted by Gasteiger charge is -2.11. The van der Waals surface area contributed by atoms with E-state index in [0.29, 0.717) is 6.61 Å². The lowest BCUT2D eigenvalue weighted by Crippen LogP contribution is -2.06. The maximum atomic E-state index is 11.2. The zero-order valence-electron chi connectivity index (χ0n) is 15.1. The second-order valence-electron chi connectivity index (χ2n) is 5.67. The Balaban J connectivity index is 0.00000261. The lowest BCUT2D eigenvalue weighted by molar-refractivity contribution is -0.570. The van der Waals surface area contributed by atoms with Crippen molar-refractivity contribution >= 4 is 11.4 Å². The molecule has 0 heterocycles. The second-order valence-corrected chi connectivity index (χ2v) is 5.67. The number of ether oxygens (including phenoxy) is 1. The van der Waals surface area contributed by atoms with E-state index in [-0.39, 0.29) is 17.6 Å². The van der Waals surface area contributed by atoms with Crippen LogP contribution in [0.4, 0.5) is 11.4 Å². The van der Waals surface area contributed by atoms with Crippen LogP contribution in [0.3, 0.4) is 0 Å². The van der Waals surface area contributed by atoms with Gasteiger partial charge in [-0.15, -0.1) is 0 Å². The fourth-order valence-corrected chi connectivity index (χ4v) is 2.51. The first-order valence-corrected chi connectivity index (χ1v) is 8.16. The van der Waals surface area contributed by atoms with E-state index in [1.165, 1.54) is 0 Å². The lowest BCUT2D eigenvalue weighted by atomic mass is 10.1. The highest BCUT2D eigenvalue weighted by atomic mass is 16.6. The molecule has 140 valence electrons. The molecule has 0 radical (unpaired) electrons. The largest absolute Gasteiger partial charge is 0.597 e. The number of nitrogens with zero attached hydrogens (tertiary/aromatic N) is 2. The van der Waals surface area contributed by atoms with Crippen LogP contribution >= 0.6 is 0 Å². The minimum absolute atomic E-state index is 0. The summed E-state index contributed by atoms with van der Waals surface area (Å²) in [6, 6.07) is 25.0. The van der Waals surface area contributed by atoms with Gasteiger partial charge in [0.2, 0.25) is 6.54 Å². The molecule has 0 aromatic heterocycles. The Morgan fingerprint density at radius 2 is 1.44 bits per heavy atom. The summed E-state index contributed by atoms with van der Waals surface area (Å²) < 4.78 is 5.81. The number of quaternary nitrogens is 1. The molecule has 0 aliphatic heterocycles. The van der Waals surface area contributed by atoms with Gasteiger partial charge in [-0.05, 0) is 42.0 Å². The summed E-state index contributed by atoms with van der Waals surface area (Å²) in [5, 5.41) is 25.7. The van der Waals surface area contributed by atoms with Crippen molar-refractivity contribution in [3.8, 4) is 5.75 Å². The van der Waals surface area contributed by atoms with Crippen molar-refractivity contribution in [2.75, 3.05) is 5.32 Å².